The number of benzene rings is 2. The van der Waals surface area contributed by atoms with Crippen LogP contribution in [0.2, 0.25) is 0 Å². The number of carboxylic acid groups (broad SMARTS) is 1. The number of aliphatic carboxylic acids is 1. The van der Waals surface area contributed by atoms with Crippen molar-refractivity contribution in [2.75, 3.05) is 30.8 Å². The molecule has 4 N–H and O–H groups in total. The predicted molar refractivity (Wildman–Crippen MR) is 117 cm³/mol. The number of para-hydroxylation sites is 1. The molecule has 0 unspecified atom stereocenters. The predicted octanol–water partition coefficient (Wildman–Crippen LogP) is 2.31. The fourth-order valence-corrected chi connectivity index (χ4v) is 2.66. The van der Waals surface area contributed by atoms with Crippen LogP contribution in [0.5, 0.6) is 0 Å². The van der Waals surface area contributed by atoms with Gasteiger partial charge in [0, 0.05) is 37.9 Å². The molecule has 0 bridgehead atoms. The summed E-state index contributed by atoms with van der Waals surface area (Å²) in [4.78, 5) is 47.8. The summed E-state index contributed by atoms with van der Waals surface area (Å²) in [6.07, 6.45) is 0.119. The summed E-state index contributed by atoms with van der Waals surface area (Å²) in [6, 6.07) is 15.6. The third kappa shape index (κ3) is 8.99. The summed E-state index contributed by atoms with van der Waals surface area (Å²) in [7, 11) is 1.53. The van der Waals surface area contributed by atoms with E-state index in [1.807, 2.05) is 18.2 Å². The van der Waals surface area contributed by atoms with Crippen molar-refractivity contribution in [1.82, 2.24) is 10.2 Å². The Labute approximate surface area is 180 Å². The number of anilines is 2. The topological polar surface area (TPSA) is 128 Å². The van der Waals surface area contributed by atoms with Crippen LogP contribution >= 0.6 is 0 Å². The standard InChI is InChI=1S/C22H26N4O5/c1-26(14-12-21(29)30)20(28)11-13-23-19(27)15-16-7-9-18(10-8-16)25-22(31)24-17-5-3-2-4-6-17/h2-10H,11-15H2,1H3,(H,23,27)(H,29,30)(H2,24,25,31). The monoisotopic (exact) mass is 426 g/mol. The molecule has 2 rings (SSSR count). The molecular formula is C22H26N4O5. The molecule has 164 valence electrons. The molecule has 0 atom stereocenters. The highest BCUT2D eigenvalue weighted by Gasteiger charge is 2.11. The Balaban J connectivity index is 1.70. The van der Waals surface area contributed by atoms with Gasteiger partial charge in [-0.2, -0.15) is 0 Å². The normalized spacial score (nSPS) is 10.1. The van der Waals surface area contributed by atoms with Gasteiger partial charge in [0.2, 0.25) is 11.8 Å². The van der Waals surface area contributed by atoms with Crippen molar-refractivity contribution in [3.05, 3.63) is 60.2 Å². The summed E-state index contributed by atoms with van der Waals surface area (Å²) in [5, 5.41) is 16.7. The van der Waals surface area contributed by atoms with E-state index >= 15 is 0 Å². The number of carbonyl (C=O) groups is 4. The van der Waals surface area contributed by atoms with Gasteiger partial charge in [0.1, 0.15) is 0 Å². The highest BCUT2D eigenvalue weighted by Crippen LogP contribution is 2.12. The zero-order valence-corrected chi connectivity index (χ0v) is 17.3. The van der Waals surface area contributed by atoms with Crippen LogP contribution in [0.15, 0.2) is 54.6 Å². The molecule has 2 aromatic carbocycles. The number of amides is 4. The van der Waals surface area contributed by atoms with Crippen LogP contribution in [0, 0.1) is 0 Å². The molecule has 0 aromatic heterocycles. The Morgan fingerprint density at radius 2 is 1.48 bits per heavy atom. The van der Waals surface area contributed by atoms with Crippen molar-refractivity contribution >= 4 is 35.2 Å². The van der Waals surface area contributed by atoms with Crippen molar-refractivity contribution in [2.24, 2.45) is 0 Å². The van der Waals surface area contributed by atoms with Crippen LogP contribution < -0.4 is 16.0 Å². The first-order valence-corrected chi connectivity index (χ1v) is 9.78. The van der Waals surface area contributed by atoms with E-state index in [0.717, 1.165) is 5.56 Å². The zero-order chi connectivity index (χ0) is 22.6. The summed E-state index contributed by atoms with van der Waals surface area (Å²) >= 11 is 0. The molecule has 31 heavy (non-hydrogen) atoms. The largest absolute Gasteiger partial charge is 0.481 e. The minimum absolute atomic E-state index is 0.0985. The Hall–Kier alpha value is -3.88. The molecule has 0 aliphatic carbocycles. The number of nitrogens with zero attached hydrogens (tertiary/aromatic N) is 1. The second-order valence-corrected chi connectivity index (χ2v) is 6.88. The van der Waals surface area contributed by atoms with E-state index < -0.39 is 5.97 Å². The molecule has 0 radical (unpaired) electrons. The van der Waals surface area contributed by atoms with Gasteiger partial charge in [0.05, 0.1) is 12.8 Å². The molecule has 0 heterocycles. The molecule has 9 nitrogen and oxygen atoms in total. The van der Waals surface area contributed by atoms with Crippen LogP contribution in [0.3, 0.4) is 0 Å². The summed E-state index contributed by atoms with van der Waals surface area (Å²) in [5.41, 5.74) is 2.03. The maximum absolute atomic E-state index is 12.1. The van der Waals surface area contributed by atoms with Crippen LogP contribution in [0.4, 0.5) is 16.2 Å². The van der Waals surface area contributed by atoms with Gasteiger partial charge >= 0.3 is 12.0 Å². The van der Waals surface area contributed by atoms with Gasteiger partial charge in [-0.3, -0.25) is 14.4 Å². The van der Waals surface area contributed by atoms with Crippen molar-refractivity contribution in [3.8, 4) is 0 Å². The Bertz CT molecular complexity index is 900. The van der Waals surface area contributed by atoms with E-state index in [4.69, 9.17) is 5.11 Å². The Morgan fingerprint density at radius 3 is 2.10 bits per heavy atom. The van der Waals surface area contributed by atoms with Crippen LogP contribution in [0.25, 0.3) is 0 Å². The minimum Gasteiger partial charge on any atom is -0.481 e. The number of carboxylic acids is 1. The lowest BCUT2D eigenvalue weighted by atomic mass is 10.1. The van der Waals surface area contributed by atoms with E-state index in [0.29, 0.717) is 11.4 Å². The average molecular weight is 426 g/mol. The minimum atomic E-state index is -0.967. The summed E-state index contributed by atoms with van der Waals surface area (Å²) < 4.78 is 0. The molecule has 4 amide bonds. The van der Waals surface area contributed by atoms with Crippen molar-refractivity contribution in [2.45, 2.75) is 19.3 Å². The molecule has 0 saturated carbocycles. The molecule has 2 aromatic rings. The number of urea groups is 1. The maximum Gasteiger partial charge on any atom is 0.323 e. The number of hydrogen-bond acceptors (Lipinski definition) is 4. The van der Waals surface area contributed by atoms with Gasteiger partial charge in [-0.15, -0.1) is 0 Å². The number of nitrogens with one attached hydrogen (secondary N) is 3. The lowest BCUT2D eigenvalue weighted by Gasteiger charge is -2.16. The molecular weight excluding hydrogens is 400 g/mol. The van der Waals surface area contributed by atoms with Gasteiger partial charge in [-0.05, 0) is 29.8 Å². The smallest absolute Gasteiger partial charge is 0.323 e. The van der Waals surface area contributed by atoms with E-state index in [1.165, 1.54) is 11.9 Å². The first kappa shape index (κ1) is 23.4. The third-order valence-corrected chi connectivity index (χ3v) is 4.36. The molecule has 0 aliphatic rings. The Morgan fingerprint density at radius 1 is 0.871 bits per heavy atom. The van der Waals surface area contributed by atoms with E-state index in [1.54, 1.807) is 36.4 Å². The average Bonchev–Trinajstić information content (AvgIpc) is 2.74. The van der Waals surface area contributed by atoms with Gasteiger partial charge in [0.15, 0.2) is 0 Å². The molecule has 0 aliphatic heterocycles. The van der Waals surface area contributed by atoms with E-state index in [2.05, 4.69) is 16.0 Å². The number of carbonyl (C=O) groups excluding carboxylic acids is 3. The SMILES string of the molecule is CN(CCC(=O)O)C(=O)CCNC(=O)Cc1ccc(NC(=O)Nc2ccccc2)cc1. The fourth-order valence-electron chi connectivity index (χ4n) is 2.66. The van der Waals surface area contributed by atoms with Crippen LogP contribution in [-0.2, 0) is 20.8 Å². The van der Waals surface area contributed by atoms with Crippen LogP contribution in [0.1, 0.15) is 18.4 Å². The van der Waals surface area contributed by atoms with Gasteiger partial charge in [-0.1, -0.05) is 30.3 Å². The molecule has 0 spiro atoms. The highest BCUT2D eigenvalue weighted by molar-refractivity contribution is 5.99. The zero-order valence-electron chi connectivity index (χ0n) is 17.3. The van der Waals surface area contributed by atoms with Crippen molar-refractivity contribution in [3.63, 3.8) is 0 Å². The highest BCUT2D eigenvalue weighted by atomic mass is 16.4. The van der Waals surface area contributed by atoms with Gasteiger partial charge in [-0.25, -0.2) is 4.79 Å². The molecule has 9 heteroatoms. The maximum atomic E-state index is 12.1. The summed E-state index contributed by atoms with van der Waals surface area (Å²) in [5.74, 6) is -1.43. The fraction of sp³-hybridized carbons (Fsp3) is 0.273. The van der Waals surface area contributed by atoms with Gasteiger partial charge < -0.3 is 26.0 Å². The van der Waals surface area contributed by atoms with Crippen molar-refractivity contribution < 1.29 is 24.3 Å². The van der Waals surface area contributed by atoms with Crippen molar-refractivity contribution in [1.29, 1.82) is 0 Å². The Kier molecular flexibility index (Phi) is 9.03. The lowest BCUT2D eigenvalue weighted by molar-refractivity contribution is -0.138. The van der Waals surface area contributed by atoms with Crippen LogP contribution in [-0.4, -0.2) is 54.0 Å². The summed E-state index contributed by atoms with van der Waals surface area (Å²) in [6.45, 7) is 0.306. The molecule has 0 saturated heterocycles. The first-order valence-electron chi connectivity index (χ1n) is 9.78. The van der Waals surface area contributed by atoms with E-state index in [-0.39, 0.29) is 50.2 Å². The second-order valence-electron chi connectivity index (χ2n) is 6.88. The van der Waals surface area contributed by atoms with E-state index in [9.17, 15) is 19.2 Å². The third-order valence-electron chi connectivity index (χ3n) is 4.36. The molecule has 0 fully saturated rings. The number of hydrogen-bond donors (Lipinski definition) is 4. The lowest BCUT2D eigenvalue weighted by Crippen LogP contribution is -2.33. The first-order chi connectivity index (χ1) is 14.8. The van der Waals surface area contributed by atoms with Gasteiger partial charge in [0.25, 0.3) is 0 Å². The quantitative estimate of drug-likeness (QED) is 0.464. The second kappa shape index (κ2) is 12.0. The number of rotatable bonds is 10.